The fourth-order valence-corrected chi connectivity index (χ4v) is 4.73. The lowest BCUT2D eigenvalue weighted by atomic mass is 9.87. The predicted octanol–water partition coefficient (Wildman–Crippen LogP) is 6.66. The average molecular weight is 497 g/mol. The minimum Gasteiger partial charge on any atom is -0.490 e. The van der Waals surface area contributed by atoms with Gasteiger partial charge in [-0.1, -0.05) is 49.4 Å². The number of rotatable bonds is 11. The molecule has 190 valence electrons. The molecule has 1 aromatic heterocycles. The van der Waals surface area contributed by atoms with Gasteiger partial charge in [-0.05, 0) is 54.7 Å². The molecular formula is C31H32N2O4. The van der Waals surface area contributed by atoms with E-state index in [2.05, 4.69) is 29.0 Å². The fourth-order valence-electron chi connectivity index (χ4n) is 4.73. The van der Waals surface area contributed by atoms with E-state index in [1.807, 2.05) is 60.8 Å². The van der Waals surface area contributed by atoms with E-state index in [9.17, 15) is 4.79 Å². The van der Waals surface area contributed by atoms with E-state index in [1.165, 1.54) is 0 Å². The number of benzene rings is 3. The molecule has 1 heterocycles. The lowest BCUT2D eigenvalue weighted by Crippen LogP contribution is -2.18. The second-order valence-electron chi connectivity index (χ2n) is 9.19. The molecule has 5 rings (SSSR count). The molecule has 6 heteroatoms. The van der Waals surface area contributed by atoms with Gasteiger partial charge in [-0.2, -0.15) is 0 Å². The van der Waals surface area contributed by atoms with Crippen molar-refractivity contribution in [3.63, 3.8) is 0 Å². The van der Waals surface area contributed by atoms with Crippen LogP contribution in [0.2, 0.25) is 0 Å². The summed E-state index contributed by atoms with van der Waals surface area (Å²) in [5.74, 6) is 3.14. The van der Waals surface area contributed by atoms with E-state index in [-0.39, 0.29) is 18.5 Å². The van der Waals surface area contributed by atoms with E-state index in [0.717, 1.165) is 53.1 Å². The molecule has 4 aromatic rings. The van der Waals surface area contributed by atoms with Crippen molar-refractivity contribution >= 4 is 5.78 Å². The Labute approximate surface area is 217 Å². The van der Waals surface area contributed by atoms with Crippen molar-refractivity contribution in [2.75, 3.05) is 6.61 Å². The summed E-state index contributed by atoms with van der Waals surface area (Å²) in [4.78, 5) is 20.3. The first-order chi connectivity index (χ1) is 18.2. The Morgan fingerprint density at radius 2 is 1.70 bits per heavy atom. The molecule has 0 spiro atoms. The van der Waals surface area contributed by atoms with Crippen LogP contribution in [0, 0.1) is 0 Å². The number of Topliss-reactive ketones (excluding diaryl/α,β-unsaturated/α-hetero) is 1. The van der Waals surface area contributed by atoms with Crippen LogP contribution in [0.4, 0.5) is 0 Å². The predicted molar refractivity (Wildman–Crippen MR) is 142 cm³/mol. The van der Waals surface area contributed by atoms with Crippen molar-refractivity contribution < 1.29 is 19.0 Å². The van der Waals surface area contributed by atoms with Crippen molar-refractivity contribution in [2.24, 2.45) is 0 Å². The van der Waals surface area contributed by atoms with Gasteiger partial charge in [0.05, 0.1) is 6.61 Å². The molecule has 1 unspecified atom stereocenters. The summed E-state index contributed by atoms with van der Waals surface area (Å²) < 4.78 is 18.9. The first-order valence-corrected chi connectivity index (χ1v) is 13.0. The summed E-state index contributed by atoms with van der Waals surface area (Å²) in [5.41, 5.74) is 3.76. The largest absolute Gasteiger partial charge is 0.490 e. The van der Waals surface area contributed by atoms with E-state index in [1.54, 1.807) is 6.20 Å². The van der Waals surface area contributed by atoms with Crippen molar-refractivity contribution in [2.45, 2.75) is 51.7 Å². The molecule has 0 amide bonds. The summed E-state index contributed by atoms with van der Waals surface area (Å²) in [5, 5.41) is 0. The quantitative estimate of drug-likeness (QED) is 0.251. The number of ketones is 1. The number of nitrogens with one attached hydrogen (secondary N) is 1. The Balaban J connectivity index is 1.48. The lowest BCUT2D eigenvalue weighted by molar-refractivity contribution is 0.0971. The van der Waals surface area contributed by atoms with E-state index < -0.39 is 0 Å². The maximum Gasteiger partial charge on any atom is 0.163 e. The third-order valence-corrected chi connectivity index (χ3v) is 6.58. The van der Waals surface area contributed by atoms with Gasteiger partial charge in [0.25, 0.3) is 0 Å². The number of nitrogens with zero attached hydrogens (tertiary/aromatic N) is 1. The number of carbonyl (C=O) groups excluding carboxylic acids is 1. The number of hydrogen-bond acceptors (Lipinski definition) is 5. The zero-order chi connectivity index (χ0) is 25.5. The van der Waals surface area contributed by atoms with Crippen LogP contribution in [0.3, 0.4) is 0 Å². The second-order valence-corrected chi connectivity index (χ2v) is 9.19. The number of para-hydroxylation sites is 2. The van der Waals surface area contributed by atoms with Crippen molar-refractivity contribution in [1.29, 1.82) is 0 Å². The van der Waals surface area contributed by atoms with Crippen LogP contribution in [0.25, 0.3) is 0 Å². The van der Waals surface area contributed by atoms with Crippen LogP contribution in [0.1, 0.15) is 65.2 Å². The maximum absolute atomic E-state index is 12.7. The Morgan fingerprint density at radius 3 is 2.46 bits per heavy atom. The van der Waals surface area contributed by atoms with Gasteiger partial charge in [0.2, 0.25) is 0 Å². The van der Waals surface area contributed by atoms with Crippen LogP contribution in [-0.4, -0.2) is 22.4 Å². The summed E-state index contributed by atoms with van der Waals surface area (Å²) in [6, 6.07) is 21.7. The lowest BCUT2D eigenvalue weighted by Gasteiger charge is -2.25. The summed E-state index contributed by atoms with van der Waals surface area (Å²) in [7, 11) is 0. The molecule has 6 nitrogen and oxygen atoms in total. The van der Waals surface area contributed by atoms with E-state index >= 15 is 0 Å². The normalized spacial score (nSPS) is 13.6. The highest BCUT2D eigenvalue weighted by Crippen LogP contribution is 2.36. The highest BCUT2D eigenvalue weighted by molar-refractivity contribution is 5.99. The van der Waals surface area contributed by atoms with Crippen LogP contribution in [-0.2, 0) is 19.4 Å². The van der Waals surface area contributed by atoms with Gasteiger partial charge in [0.1, 0.15) is 24.3 Å². The van der Waals surface area contributed by atoms with Crippen LogP contribution in [0.5, 0.6) is 17.2 Å². The average Bonchev–Trinajstić information content (AvgIpc) is 3.45. The minimum atomic E-state index is -0.261. The molecule has 0 aliphatic heterocycles. The Kier molecular flexibility index (Phi) is 7.84. The van der Waals surface area contributed by atoms with Crippen molar-refractivity contribution in [3.05, 3.63) is 107 Å². The molecule has 0 fully saturated rings. The van der Waals surface area contributed by atoms with Gasteiger partial charge in [-0.15, -0.1) is 0 Å². The third-order valence-electron chi connectivity index (χ3n) is 6.58. The van der Waals surface area contributed by atoms with Gasteiger partial charge in [0.15, 0.2) is 17.3 Å². The highest BCUT2D eigenvalue weighted by atomic mass is 16.5. The second kappa shape index (κ2) is 11.8. The van der Waals surface area contributed by atoms with Gasteiger partial charge in [0, 0.05) is 36.4 Å². The smallest absolute Gasteiger partial charge is 0.163 e. The van der Waals surface area contributed by atoms with Gasteiger partial charge in [-0.3, -0.25) is 4.79 Å². The number of imidazole rings is 1. The Morgan fingerprint density at radius 1 is 0.919 bits per heavy atom. The van der Waals surface area contributed by atoms with Gasteiger partial charge in [-0.25, -0.2) is 4.98 Å². The topological polar surface area (TPSA) is 73.4 Å². The molecular weight excluding hydrogens is 464 g/mol. The molecule has 1 N–H and O–H groups in total. The summed E-state index contributed by atoms with van der Waals surface area (Å²) in [6.07, 6.45) is 7.03. The standard InChI is InChI=1S/C31H32N2O4/c1-2-19-35-28-13-6-7-14-29(28)36-21-25-23-11-8-12-26(34)24(23)15-16-27(25)37-30(20-31-32-17-18-33-31)22-9-4-3-5-10-22/h3-7,9-10,13-18,30H,2,8,11-12,19-21H2,1H3,(H,32,33). The number of H-pyrrole nitrogens is 1. The van der Waals surface area contributed by atoms with E-state index in [4.69, 9.17) is 14.2 Å². The molecule has 0 saturated carbocycles. The van der Waals surface area contributed by atoms with Gasteiger partial charge >= 0.3 is 0 Å². The Hall–Kier alpha value is -4.06. The fraction of sp³-hybridized carbons (Fsp3) is 0.290. The number of hydrogen-bond donors (Lipinski definition) is 1. The van der Waals surface area contributed by atoms with Crippen LogP contribution in [0.15, 0.2) is 79.1 Å². The van der Waals surface area contributed by atoms with E-state index in [0.29, 0.717) is 30.9 Å². The molecule has 3 aromatic carbocycles. The van der Waals surface area contributed by atoms with Crippen molar-refractivity contribution in [3.8, 4) is 17.2 Å². The molecule has 1 atom stereocenters. The van der Waals surface area contributed by atoms with Gasteiger partial charge < -0.3 is 19.2 Å². The van der Waals surface area contributed by atoms with Crippen LogP contribution >= 0.6 is 0 Å². The monoisotopic (exact) mass is 496 g/mol. The summed E-state index contributed by atoms with van der Waals surface area (Å²) >= 11 is 0. The number of fused-ring (bicyclic) bond motifs is 1. The Bertz CT molecular complexity index is 1320. The van der Waals surface area contributed by atoms with Crippen LogP contribution < -0.4 is 14.2 Å². The SMILES string of the molecule is CCCOc1ccccc1OCc1c(OC(Cc2ncc[nH]2)c2ccccc2)ccc2c1CCCC2=O. The number of carbonyl (C=O) groups is 1. The molecule has 0 bridgehead atoms. The molecule has 0 radical (unpaired) electrons. The molecule has 1 aliphatic rings. The minimum absolute atomic E-state index is 0.177. The number of aromatic amines is 1. The number of ether oxygens (including phenoxy) is 3. The molecule has 37 heavy (non-hydrogen) atoms. The summed E-state index contributed by atoms with van der Waals surface area (Å²) in [6.45, 7) is 2.97. The molecule has 1 aliphatic carbocycles. The maximum atomic E-state index is 12.7. The number of aromatic nitrogens is 2. The molecule has 0 saturated heterocycles. The first-order valence-electron chi connectivity index (χ1n) is 13.0. The van der Waals surface area contributed by atoms with Crippen molar-refractivity contribution in [1.82, 2.24) is 9.97 Å². The highest BCUT2D eigenvalue weighted by Gasteiger charge is 2.25. The zero-order valence-electron chi connectivity index (χ0n) is 21.1. The zero-order valence-corrected chi connectivity index (χ0v) is 21.1. The first kappa shape index (κ1) is 24.6. The third kappa shape index (κ3) is 5.85.